The smallest absolute Gasteiger partial charge is 0.379 e. The van der Waals surface area contributed by atoms with Gasteiger partial charge in [-0.15, -0.1) is 0 Å². The molecule has 1 aromatic rings. The van der Waals surface area contributed by atoms with E-state index in [0.29, 0.717) is 0 Å². The third-order valence-corrected chi connectivity index (χ3v) is 3.23. The minimum absolute atomic E-state index is 0.0337. The quantitative estimate of drug-likeness (QED) is 0.579. The van der Waals surface area contributed by atoms with Gasteiger partial charge in [0.1, 0.15) is 5.82 Å². The summed E-state index contributed by atoms with van der Waals surface area (Å²) in [7, 11) is 1.58. The number of hydrogen-bond donors (Lipinski definition) is 3. The zero-order valence-corrected chi connectivity index (χ0v) is 10.9. The Morgan fingerprint density at radius 1 is 1.35 bits per heavy atom. The molecule has 0 radical (unpaired) electrons. The summed E-state index contributed by atoms with van der Waals surface area (Å²) >= 11 is 0. The number of nitrogens with zero attached hydrogens (tertiary/aromatic N) is 2. The molecule has 1 heterocycles. The van der Waals surface area contributed by atoms with E-state index in [2.05, 4.69) is 15.3 Å². The van der Waals surface area contributed by atoms with E-state index >= 15 is 0 Å². The third kappa shape index (κ3) is 3.28. The first-order chi connectivity index (χ1) is 9.44. The summed E-state index contributed by atoms with van der Waals surface area (Å²) in [5.74, 6) is 4.89. The molecule has 20 heavy (non-hydrogen) atoms. The van der Waals surface area contributed by atoms with Crippen LogP contribution in [0.3, 0.4) is 0 Å². The van der Waals surface area contributed by atoms with Gasteiger partial charge in [-0.05, 0) is 19.3 Å². The SMILES string of the molecule is COC1CCCC1Nc1cc(C(F)(F)F)nc(NN)n1. The van der Waals surface area contributed by atoms with Crippen LogP contribution in [-0.4, -0.2) is 29.2 Å². The van der Waals surface area contributed by atoms with Crippen LogP contribution in [0.15, 0.2) is 6.07 Å². The van der Waals surface area contributed by atoms with Gasteiger partial charge in [0.05, 0.1) is 12.1 Å². The van der Waals surface area contributed by atoms with E-state index in [9.17, 15) is 13.2 Å². The van der Waals surface area contributed by atoms with Gasteiger partial charge < -0.3 is 10.1 Å². The number of ether oxygens (including phenoxy) is 1. The molecule has 9 heteroatoms. The first-order valence-electron chi connectivity index (χ1n) is 6.16. The fourth-order valence-corrected chi connectivity index (χ4v) is 2.29. The third-order valence-electron chi connectivity index (χ3n) is 3.23. The highest BCUT2D eigenvalue weighted by molar-refractivity contribution is 5.43. The van der Waals surface area contributed by atoms with E-state index in [1.54, 1.807) is 7.11 Å². The first-order valence-corrected chi connectivity index (χ1v) is 6.16. The van der Waals surface area contributed by atoms with Crippen molar-refractivity contribution in [3.63, 3.8) is 0 Å². The van der Waals surface area contributed by atoms with Gasteiger partial charge in [-0.1, -0.05) is 0 Å². The molecule has 4 N–H and O–H groups in total. The van der Waals surface area contributed by atoms with Crippen molar-refractivity contribution in [3.05, 3.63) is 11.8 Å². The van der Waals surface area contributed by atoms with Gasteiger partial charge in [-0.2, -0.15) is 18.2 Å². The highest BCUT2D eigenvalue weighted by atomic mass is 19.4. The lowest BCUT2D eigenvalue weighted by molar-refractivity contribution is -0.141. The summed E-state index contributed by atoms with van der Waals surface area (Å²) in [6.45, 7) is 0. The van der Waals surface area contributed by atoms with Crippen LogP contribution in [0.25, 0.3) is 0 Å². The number of halogens is 3. The molecule has 0 aromatic carbocycles. The molecule has 1 aromatic heterocycles. The van der Waals surface area contributed by atoms with Crippen molar-refractivity contribution >= 4 is 11.8 Å². The van der Waals surface area contributed by atoms with Crippen LogP contribution < -0.4 is 16.6 Å². The van der Waals surface area contributed by atoms with Crippen molar-refractivity contribution in [1.82, 2.24) is 9.97 Å². The van der Waals surface area contributed by atoms with Crippen LogP contribution in [-0.2, 0) is 10.9 Å². The minimum Gasteiger partial charge on any atom is -0.379 e. The lowest BCUT2D eigenvalue weighted by Crippen LogP contribution is -2.30. The second-order valence-corrected chi connectivity index (χ2v) is 4.56. The molecule has 1 aliphatic rings. The van der Waals surface area contributed by atoms with Gasteiger partial charge in [0.25, 0.3) is 0 Å². The summed E-state index contributed by atoms with van der Waals surface area (Å²) in [6.07, 6.45) is -1.95. The molecule has 1 fully saturated rings. The van der Waals surface area contributed by atoms with Crippen LogP contribution in [0.5, 0.6) is 0 Å². The Balaban J connectivity index is 2.22. The van der Waals surface area contributed by atoms with Gasteiger partial charge in [0.15, 0.2) is 5.69 Å². The second kappa shape index (κ2) is 5.80. The van der Waals surface area contributed by atoms with Crippen molar-refractivity contribution in [2.75, 3.05) is 17.9 Å². The number of methoxy groups -OCH3 is 1. The molecule has 1 aliphatic carbocycles. The monoisotopic (exact) mass is 291 g/mol. The lowest BCUT2D eigenvalue weighted by Gasteiger charge is -2.21. The zero-order chi connectivity index (χ0) is 14.8. The molecule has 6 nitrogen and oxygen atoms in total. The fourth-order valence-electron chi connectivity index (χ4n) is 2.29. The molecule has 112 valence electrons. The average Bonchev–Trinajstić information content (AvgIpc) is 2.84. The molecule has 2 rings (SSSR count). The summed E-state index contributed by atoms with van der Waals surface area (Å²) in [5.41, 5.74) is 0.990. The molecule has 0 saturated heterocycles. The van der Waals surface area contributed by atoms with E-state index in [-0.39, 0.29) is 23.9 Å². The molecular weight excluding hydrogens is 275 g/mol. The number of anilines is 2. The van der Waals surface area contributed by atoms with Gasteiger partial charge in [-0.3, -0.25) is 5.43 Å². The summed E-state index contributed by atoms with van der Waals surface area (Å²) in [5, 5.41) is 2.96. The highest BCUT2D eigenvalue weighted by Crippen LogP contribution is 2.31. The first kappa shape index (κ1) is 14.8. The van der Waals surface area contributed by atoms with Crippen molar-refractivity contribution in [3.8, 4) is 0 Å². The maximum absolute atomic E-state index is 12.7. The van der Waals surface area contributed by atoms with Crippen LogP contribution in [0.4, 0.5) is 24.9 Å². The number of rotatable bonds is 4. The molecular formula is C11H16F3N5O. The van der Waals surface area contributed by atoms with Crippen molar-refractivity contribution in [2.24, 2.45) is 5.84 Å². The Labute approximate surface area is 113 Å². The van der Waals surface area contributed by atoms with Crippen LogP contribution in [0, 0.1) is 0 Å². The molecule has 0 spiro atoms. The number of hydrogen-bond acceptors (Lipinski definition) is 6. The highest BCUT2D eigenvalue weighted by Gasteiger charge is 2.34. The molecule has 0 bridgehead atoms. The van der Waals surface area contributed by atoms with Gasteiger partial charge in [-0.25, -0.2) is 10.8 Å². The Hall–Kier alpha value is -1.61. The van der Waals surface area contributed by atoms with Crippen molar-refractivity contribution in [1.29, 1.82) is 0 Å². The topological polar surface area (TPSA) is 85.1 Å². The minimum atomic E-state index is -4.55. The number of alkyl halides is 3. The predicted octanol–water partition coefficient (Wildman–Crippen LogP) is 1.76. The number of aromatic nitrogens is 2. The maximum atomic E-state index is 12.7. The van der Waals surface area contributed by atoms with E-state index < -0.39 is 11.9 Å². The van der Waals surface area contributed by atoms with Crippen molar-refractivity contribution < 1.29 is 17.9 Å². The summed E-state index contributed by atoms with van der Waals surface area (Å²) in [6, 6.07) is 0.799. The summed E-state index contributed by atoms with van der Waals surface area (Å²) < 4.78 is 43.5. The fraction of sp³-hybridized carbons (Fsp3) is 0.636. The number of nitrogens with two attached hydrogens (primary N) is 1. The number of nitrogens with one attached hydrogen (secondary N) is 2. The molecule has 1 saturated carbocycles. The summed E-state index contributed by atoms with van der Waals surface area (Å²) in [4.78, 5) is 7.18. The Kier molecular flexibility index (Phi) is 4.29. The largest absolute Gasteiger partial charge is 0.433 e. The number of nitrogen functional groups attached to an aromatic ring is 1. The zero-order valence-electron chi connectivity index (χ0n) is 10.9. The van der Waals surface area contributed by atoms with Crippen LogP contribution in [0.2, 0.25) is 0 Å². The standard InChI is InChI=1S/C11H16F3N5O/c1-20-7-4-2-3-6(7)16-9-5-8(11(12,13)14)17-10(18-9)19-15/h5-7H,2-4,15H2,1H3,(H2,16,17,18,19). The van der Waals surface area contributed by atoms with Gasteiger partial charge in [0.2, 0.25) is 5.95 Å². The number of hydrazine groups is 1. The second-order valence-electron chi connectivity index (χ2n) is 4.56. The Bertz CT molecular complexity index is 468. The normalized spacial score (nSPS) is 22.9. The van der Waals surface area contributed by atoms with E-state index in [4.69, 9.17) is 10.6 Å². The van der Waals surface area contributed by atoms with E-state index in [1.807, 2.05) is 5.43 Å². The van der Waals surface area contributed by atoms with Crippen LogP contribution in [0.1, 0.15) is 25.0 Å². The molecule has 0 amide bonds. The lowest BCUT2D eigenvalue weighted by atomic mass is 10.2. The van der Waals surface area contributed by atoms with Gasteiger partial charge >= 0.3 is 6.18 Å². The van der Waals surface area contributed by atoms with Crippen molar-refractivity contribution in [2.45, 2.75) is 37.6 Å². The maximum Gasteiger partial charge on any atom is 0.433 e. The Morgan fingerprint density at radius 2 is 2.10 bits per heavy atom. The molecule has 2 unspecified atom stereocenters. The van der Waals surface area contributed by atoms with Gasteiger partial charge in [0, 0.05) is 13.2 Å². The van der Waals surface area contributed by atoms with E-state index in [0.717, 1.165) is 25.3 Å². The molecule has 2 atom stereocenters. The Morgan fingerprint density at radius 3 is 2.70 bits per heavy atom. The predicted molar refractivity (Wildman–Crippen MR) is 66.9 cm³/mol. The molecule has 0 aliphatic heterocycles. The van der Waals surface area contributed by atoms with E-state index in [1.165, 1.54) is 0 Å². The average molecular weight is 291 g/mol. The van der Waals surface area contributed by atoms with Crippen LogP contribution >= 0.6 is 0 Å².